The lowest BCUT2D eigenvalue weighted by Gasteiger charge is -2.32. The standard InChI is InChI=1S/C16H11ClF3N3OS/c1-10(25)22-15(24)23(20,12-6-3-2-5-11(12)17)14-8-4-7-13(18)16(14,19)9-21/h2-8,13H,1H3/p+1. The molecule has 9 heteroatoms. The normalized spacial score (nSPS) is 24.6. The maximum absolute atomic E-state index is 16.0. The van der Waals surface area contributed by atoms with Crippen molar-refractivity contribution in [3.63, 3.8) is 0 Å². The molecule has 4 nitrogen and oxygen atoms in total. The minimum atomic E-state index is -3.41. The lowest BCUT2D eigenvalue weighted by molar-refractivity contribution is 0.0541. The molecule has 3 unspecified atom stereocenters. The number of nitrogens with zero attached hydrogens (tertiary/aromatic N) is 2. The molecule has 0 aliphatic heterocycles. The molecule has 1 aliphatic carbocycles. The summed E-state index contributed by atoms with van der Waals surface area (Å²) in [5, 5.41) is 11.0. The Balaban J connectivity index is 2.77. The van der Waals surface area contributed by atoms with Crippen LogP contribution in [0.5, 0.6) is 0 Å². The molecule has 0 saturated carbocycles. The van der Waals surface area contributed by atoms with Crippen LogP contribution in [0.15, 0.2) is 48.2 Å². The van der Waals surface area contributed by atoms with Gasteiger partial charge in [-0.25, -0.2) is 13.6 Å². The van der Waals surface area contributed by atoms with Crippen molar-refractivity contribution in [1.82, 2.24) is 10.0 Å². The van der Waals surface area contributed by atoms with E-state index in [0.29, 0.717) is 0 Å². The number of hydrogen-bond donors (Lipinski definition) is 1. The van der Waals surface area contributed by atoms with Crippen LogP contribution in [-0.2, 0) is 0 Å². The van der Waals surface area contributed by atoms with Gasteiger partial charge in [-0.1, -0.05) is 42.0 Å². The summed E-state index contributed by atoms with van der Waals surface area (Å²) in [6.45, 7) is 1.31. The van der Waals surface area contributed by atoms with Crippen LogP contribution < -0.4 is 10.0 Å². The summed E-state index contributed by atoms with van der Waals surface area (Å²) in [5.74, 6) is 0. The number of rotatable bonds is 2. The smallest absolute Gasteiger partial charge is 0.266 e. The Labute approximate surface area is 152 Å². The van der Waals surface area contributed by atoms with E-state index in [9.17, 15) is 9.18 Å². The number of para-hydroxylation sites is 1. The van der Waals surface area contributed by atoms with Gasteiger partial charge in [-0.2, -0.15) is 5.26 Å². The maximum Gasteiger partial charge on any atom is 0.470 e. The van der Waals surface area contributed by atoms with E-state index in [2.05, 4.69) is 5.32 Å². The maximum atomic E-state index is 16.0. The van der Waals surface area contributed by atoms with Crippen LogP contribution in [0.4, 0.5) is 23.7 Å². The summed E-state index contributed by atoms with van der Waals surface area (Å²) >= 11 is 10.7. The molecule has 25 heavy (non-hydrogen) atoms. The second-order valence-electron chi connectivity index (χ2n) is 5.19. The fourth-order valence-corrected chi connectivity index (χ4v) is 2.70. The Morgan fingerprint density at radius 3 is 2.68 bits per heavy atom. The van der Waals surface area contributed by atoms with Gasteiger partial charge in [0, 0.05) is 21.3 Å². The predicted octanol–water partition coefficient (Wildman–Crippen LogP) is 4.61. The molecule has 0 bridgehead atoms. The van der Waals surface area contributed by atoms with Gasteiger partial charge in [0.1, 0.15) is 11.1 Å². The molecule has 3 atom stereocenters. The highest BCUT2D eigenvalue weighted by Crippen LogP contribution is 2.44. The molecule has 1 aromatic carbocycles. The molecule has 130 valence electrons. The van der Waals surface area contributed by atoms with Crippen molar-refractivity contribution in [2.24, 2.45) is 0 Å². The van der Waals surface area contributed by atoms with Gasteiger partial charge in [0.2, 0.25) is 11.4 Å². The van der Waals surface area contributed by atoms with E-state index in [1.807, 2.05) is 0 Å². The van der Waals surface area contributed by atoms with Crippen molar-refractivity contribution in [3.05, 3.63) is 53.2 Å². The zero-order valence-corrected chi connectivity index (χ0v) is 14.4. The van der Waals surface area contributed by atoms with Gasteiger partial charge in [0.25, 0.3) is 0 Å². The Bertz CT molecular complexity index is 838. The number of carbonyl (C=O) groups is 1. The number of urea groups is 1. The van der Waals surface area contributed by atoms with Crippen LogP contribution in [0.3, 0.4) is 0 Å². The summed E-state index contributed by atoms with van der Waals surface area (Å²) in [4.78, 5) is 12.4. The molecule has 0 fully saturated rings. The third kappa shape index (κ3) is 3.18. The van der Waals surface area contributed by atoms with Crippen molar-refractivity contribution in [2.75, 3.05) is 0 Å². The SMILES string of the molecule is CC(=S)NC(=O)[N+](F)(C1=CC=CC(F)C1(F)C#N)c1ccccc1Cl. The van der Waals surface area contributed by atoms with E-state index < -0.39 is 34.0 Å². The van der Waals surface area contributed by atoms with Gasteiger partial charge >= 0.3 is 11.7 Å². The van der Waals surface area contributed by atoms with Gasteiger partial charge in [-0.15, -0.1) is 0 Å². The van der Waals surface area contributed by atoms with E-state index in [1.54, 1.807) is 0 Å². The van der Waals surface area contributed by atoms with E-state index in [-0.39, 0.29) is 10.0 Å². The number of amides is 2. The largest absolute Gasteiger partial charge is 0.470 e. The van der Waals surface area contributed by atoms with Crippen LogP contribution in [0.2, 0.25) is 5.02 Å². The molecule has 0 spiro atoms. The Morgan fingerprint density at radius 2 is 2.12 bits per heavy atom. The van der Waals surface area contributed by atoms with E-state index in [4.69, 9.17) is 29.1 Å². The number of halogens is 4. The number of carbonyl (C=O) groups excluding carboxylic acids is 1. The molecule has 0 heterocycles. The first-order valence-electron chi connectivity index (χ1n) is 6.97. The quantitative estimate of drug-likeness (QED) is 0.596. The average Bonchev–Trinajstić information content (AvgIpc) is 2.56. The summed E-state index contributed by atoms with van der Waals surface area (Å²) in [7, 11) is 0. The number of nitrogens with one attached hydrogen (secondary N) is 1. The van der Waals surface area contributed by atoms with Crippen molar-refractivity contribution in [1.29, 1.82) is 5.26 Å². The summed E-state index contributed by atoms with van der Waals surface area (Å²) in [5.41, 5.74) is -4.95. The van der Waals surface area contributed by atoms with Crippen molar-refractivity contribution < 1.29 is 18.1 Å². The third-order valence-electron chi connectivity index (χ3n) is 3.53. The highest BCUT2D eigenvalue weighted by Gasteiger charge is 2.62. The summed E-state index contributed by atoms with van der Waals surface area (Å²) < 4.78 is 42.7. The fourth-order valence-electron chi connectivity index (χ4n) is 2.36. The summed E-state index contributed by atoms with van der Waals surface area (Å²) in [6.07, 6.45) is 0.151. The van der Waals surface area contributed by atoms with E-state index >= 15 is 8.87 Å². The van der Waals surface area contributed by atoms with Crippen LogP contribution in [-0.4, -0.2) is 22.9 Å². The van der Waals surface area contributed by atoms with Crippen molar-refractivity contribution in [2.45, 2.75) is 18.8 Å². The fraction of sp³-hybridized carbons (Fsp3) is 0.188. The number of allylic oxidation sites excluding steroid dienone is 4. The zero-order valence-electron chi connectivity index (χ0n) is 12.8. The minimum absolute atomic E-state index is 0.0950. The lowest BCUT2D eigenvalue weighted by Crippen LogP contribution is -2.59. The first-order chi connectivity index (χ1) is 11.7. The molecule has 0 aromatic heterocycles. The van der Waals surface area contributed by atoms with Crippen LogP contribution >= 0.6 is 23.8 Å². The lowest BCUT2D eigenvalue weighted by atomic mass is 9.91. The number of alkyl halides is 2. The molecule has 1 N–H and O–H groups in total. The van der Waals surface area contributed by atoms with Crippen LogP contribution in [0, 0.1) is 11.3 Å². The van der Waals surface area contributed by atoms with Gasteiger partial charge in [-0.05, 0) is 19.1 Å². The average molecular weight is 387 g/mol. The van der Waals surface area contributed by atoms with Crippen molar-refractivity contribution in [3.8, 4) is 6.07 Å². The number of nitriles is 1. The Morgan fingerprint density at radius 1 is 1.48 bits per heavy atom. The first-order valence-corrected chi connectivity index (χ1v) is 7.76. The molecule has 1 aromatic rings. The zero-order chi connectivity index (χ0) is 18.8. The highest BCUT2D eigenvalue weighted by atomic mass is 35.5. The van der Waals surface area contributed by atoms with Gasteiger partial charge in [0.05, 0.1) is 4.99 Å². The number of hydrogen-bond acceptors (Lipinski definition) is 3. The second-order valence-corrected chi connectivity index (χ2v) is 6.21. The molecule has 0 saturated heterocycles. The molecule has 0 radical (unpaired) electrons. The van der Waals surface area contributed by atoms with Gasteiger partial charge in [0.15, 0.2) is 6.17 Å². The highest BCUT2D eigenvalue weighted by molar-refractivity contribution is 7.80. The summed E-state index contributed by atoms with van der Waals surface area (Å²) in [6, 6.07) is 4.93. The first kappa shape index (κ1) is 19.1. The Kier molecular flexibility index (Phi) is 5.32. The predicted molar refractivity (Wildman–Crippen MR) is 92.7 cm³/mol. The van der Waals surface area contributed by atoms with Gasteiger partial charge < -0.3 is 0 Å². The van der Waals surface area contributed by atoms with Gasteiger partial charge in [-0.3, -0.25) is 5.32 Å². The van der Waals surface area contributed by atoms with E-state index in [0.717, 1.165) is 30.4 Å². The monoisotopic (exact) mass is 386 g/mol. The second kappa shape index (κ2) is 6.96. The van der Waals surface area contributed by atoms with Crippen LogP contribution in [0.1, 0.15) is 6.92 Å². The molecule has 2 amide bonds. The number of benzene rings is 1. The number of quaternary nitrogens is 1. The van der Waals surface area contributed by atoms with Crippen LogP contribution in [0.25, 0.3) is 0 Å². The van der Waals surface area contributed by atoms with Crippen molar-refractivity contribution >= 4 is 40.5 Å². The third-order valence-corrected chi connectivity index (χ3v) is 3.95. The number of thiocarbonyl (C=S) groups is 1. The molecule has 1 aliphatic rings. The molecule has 2 rings (SSSR count). The molecular weight excluding hydrogens is 375 g/mol. The minimum Gasteiger partial charge on any atom is -0.266 e. The Hall–Kier alpha value is -2.21. The van der Waals surface area contributed by atoms with E-state index in [1.165, 1.54) is 25.1 Å². The topological polar surface area (TPSA) is 52.9 Å². The molecular formula is C16H12ClF3N3OS+.